The van der Waals surface area contributed by atoms with Crippen molar-refractivity contribution in [3.8, 4) is 5.75 Å². The maximum absolute atomic E-state index is 13.7. The van der Waals surface area contributed by atoms with Gasteiger partial charge in [0.25, 0.3) is 5.91 Å². The molecule has 0 fully saturated rings. The second kappa shape index (κ2) is 12.0. The van der Waals surface area contributed by atoms with E-state index in [4.69, 9.17) is 21.2 Å². The minimum Gasteiger partial charge on any atom is -0.493 e. The van der Waals surface area contributed by atoms with Crippen LogP contribution in [-0.4, -0.2) is 39.9 Å². The number of nitrogens with zero attached hydrogens (tertiary/aromatic N) is 3. The molecule has 3 aromatic rings. The third-order valence-corrected chi connectivity index (χ3v) is 5.81. The first-order chi connectivity index (χ1) is 17.4. The van der Waals surface area contributed by atoms with Crippen LogP contribution in [0.2, 0.25) is 5.02 Å². The predicted molar refractivity (Wildman–Crippen MR) is 132 cm³/mol. The molecule has 0 aliphatic carbocycles. The SMILES string of the molecule is CNC(=O)c1nc(Br)ccc1Nc1nc(Nc2ccc(CO[P+](=O)O)c(Cl)c2OC)ncc1C(F)(F)F. The summed E-state index contributed by atoms with van der Waals surface area (Å²) in [6.45, 7) is -0.291. The van der Waals surface area contributed by atoms with Crippen molar-refractivity contribution < 1.29 is 36.7 Å². The Labute approximate surface area is 221 Å². The number of anilines is 4. The number of rotatable bonds is 9. The molecule has 2 heterocycles. The second-order valence-electron chi connectivity index (χ2n) is 6.94. The van der Waals surface area contributed by atoms with Crippen LogP contribution in [-0.2, 0) is 21.9 Å². The van der Waals surface area contributed by atoms with Gasteiger partial charge in [0.1, 0.15) is 22.6 Å². The molecular weight excluding hydrogens is 608 g/mol. The van der Waals surface area contributed by atoms with Gasteiger partial charge in [-0.3, -0.25) is 4.79 Å². The Bertz CT molecular complexity index is 1350. The summed E-state index contributed by atoms with van der Waals surface area (Å²) in [5, 5.41) is 7.64. The number of amides is 1. The maximum atomic E-state index is 13.7. The van der Waals surface area contributed by atoms with Crippen LogP contribution in [0.5, 0.6) is 5.75 Å². The first-order valence-electron chi connectivity index (χ1n) is 9.96. The van der Waals surface area contributed by atoms with Gasteiger partial charge in [-0.2, -0.15) is 18.2 Å². The molecule has 0 radical (unpaired) electrons. The number of aromatic nitrogens is 3. The van der Waals surface area contributed by atoms with Crippen LogP contribution < -0.4 is 20.7 Å². The Morgan fingerprint density at radius 2 is 1.89 bits per heavy atom. The van der Waals surface area contributed by atoms with Gasteiger partial charge < -0.3 is 20.7 Å². The number of methoxy groups -OCH3 is 1. The van der Waals surface area contributed by atoms with Crippen molar-refractivity contribution in [3.63, 3.8) is 0 Å². The lowest BCUT2D eigenvalue weighted by Gasteiger charge is -2.17. The Kier molecular flexibility index (Phi) is 9.21. The van der Waals surface area contributed by atoms with Crippen molar-refractivity contribution in [2.45, 2.75) is 12.8 Å². The van der Waals surface area contributed by atoms with Crippen LogP contribution >= 0.6 is 35.8 Å². The van der Waals surface area contributed by atoms with E-state index in [1.54, 1.807) is 0 Å². The fourth-order valence-electron chi connectivity index (χ4n) is 2.95. The predicted octanol–water partition coefficient (Wildman–Crippen LogP) is 5.33. The molecule has 11 nitrogen and oxygen atoms in total. The Morgan fingerprint density at radius 1 is 1.19 bits per heavy atom. The number of nitrogens with one attached hydrogen (secondary N) is 3. The highest BCUT2D eigenvalue weighted by molar-refractivity contribution is 9.10. The van der Waals surface area contributed by atoms with E-state index in [0.717, 1.165) is 0 Å². The van der Waals surface area contributed by atoms with Gasteiger partial charge in [-0.1, -0.05) is 17.7 Å². The summed E-state index contributed by atoms with van der Waals surface area (Å²) in [6, 6.07) is 5.71. The normalized spacial score (nSPS) is 11.6. The molecule has 2 aromatic heterocycles. The van der Waals surface area contributed by atoms with E-state index in [2.05, 4.69) is 51.4 Å². The van der Waals surface area contributed by atoms with Crippen molar-refractivity contribution >= 4 is 64.8 Å². The highest BCUT2D eigenvalue weighted by Crippen LogP contribution is 2.39. The highest BCUT2D eigenvalue weighted by Gasteiger charge is 2.36. The van der Waals surface area contributed by atoms with Gasteiger partial charge in [0.05, 0.1) is 23.5 Å². The lowest BCUT2D eigenvalue weighted by molar-refractivity contribution is -0.137. The standard InChI is InChI=1S/C20H16BrClF3N6O5P/c1-26-18(32)15-11(5-6-13(21)30-15)28-17-10(20(23,24)25)7-27-19(31-17)29-12-4-3-9(8-36-37(33)34)14(22)16(12)35-2/h3-7H,8H2,1-2H3,(H3-,26,27,28,29,31,32,33,34)/p+1. The van der Waals surface area contributed by atoms with Gasteiger partial charge >= 0.3 is 14.4 Å². The van der Waals surface area contributed by atoms with Gasteiger partial charge in [0.15, 0.2) is 11.4 Å². The van der Waals surface area contributed by atoms with E-state index in [-0.39, 0.29) is 40.4 Å². The highest BCUT2D eigenvalue weighted by atomic mass is 79.9. The molecule has 0 saturated heterocycles. The summed E-state index contributed by atoms with van der Waals surface area (Å²) in [5.41, 5.74) is -0.897. The molecule has 0 aliphatic rings. The largest absolute Gasteiger partial charge is 0.695 e. The summed E-state index contributed by atoms with van der Waals surface area (Å²) >= 11 is 9.41. The van der Waals surface area contributed by atoms with Crippen LogP contribution in [0.3, 0.4) is 0 Å². The monoisotopic (exact) mass is 623 g/mol. The minimum atomic E-state index is -4.83. The zero-order chi connectivity index (χ0) is 27.3. The Morgan fingerprint density at radius 3 is 2.51 bits per heavy atom. The van der Waals surface area contributed by atoms with Crippen LogP contribution in [0.1, 0.15) is 21.6 Å². The number of halogens is 5. The average molecular weight is 625 g/mol. The molecule has 1 unspecified atom stereocenters. The number of carbonyl (C=O) groups is 1. The van der Waals surface area contributed by atoms with Gasteiger partial charge in [-0.05, 0) is 34.1 Å². The van der Waals surface area contributed by atoms with E-state index in [1.807, 2.05) is 0 Å². The average Bonchev–Trinajstić information content (AvgIpc) is 2.83. The minimum absolute atomic E-state index is 0.0331. The molecule has 0 aliphatic heterocycles. The third-order valence-electron chi connectivity index (χ3n) is 4.61. The first-order valence-corrected chi connectivity index (χ1v) is 12.3. The van der Waals surface area contributed by atoms with E-state index in [1.165, 1.54) is 38.4 Å². The number of alkyl halides is 3. The van der Waals surface area contributed by atoms with Crippen molar-refractivity contribution in [1.29, 1.82) is 0 Å². The molecule has 3 rings (SSSR count). The smallest absolute Gasteiger partial charge is 0.493 e. The summed E-state index contributed by atoms with van der Waals surface area (Å²) in [5.74, 6) is -1.49. The zero-order valence-electron chi connectivity index (χ0n) is 18.9. The third kappa shape index (κ3) is 7.02. The molecular formula is C20H17BrClF3N6O5P+. The van der Waals surface area contributed by atoms with Crippen molar-refractivity contribution in [2.24, 2.45) is 0 Å². The molecule has 0 bridgehead atoms. The van der Waals surface area contributed by atoms with Gasteiger partial charge in [-0.15, -0.1) is 9.42 Å². The van der Waals surface area contributed by atoms with Crippen LogP contribution in [0.15, 0.2) is 35.1 Å². The van der Waals surface area contributed by atoms with Gasteiger partial charge in [0, 0.05) is 23.4 Å². The summed E-state index contributed by atoms with van der Waals surface area (Å²) in [6.07, 6.45) is -4.26. The van der Waals surface area contributed by atoms with E-state index in [0.29, 0.717) is 16.4 Å². The van der Waals surface area contributed by atoms with Crippen molar-refractivity contribution in [1.82, 2.24) is 20.3 Å². The van der Waals surface area contributed by atoms with E-state index < -0.39 is 31.7 Å². The Balaban J connectivity index is 2.02. The number of hydrogen-bond acceptors (Lipinski definition) is 9. The molecule has 1 atom stereocenters. The van der Waals surface area contributed by atoms with Gasteiger partial charge in [0.2, 0.25) is 5.95 Å². The zero-order valence-corrected chi connectivity index (χ0v) is 22.1. The van der Waals surface area contributed by atoms with Crippen LogP contribution in [0.4, 0.5) is 36.3 Å². The fourth-order valence-corrected chi connectivity index (χ4v) is 3.81. The molecule has 0 saturated carbocycles. The van der Waals surface area contributed by atoms with Crippen molar-refractivity contribution in [3.05, 3.63) is 56.9 Å². The van der Waals surface area contributed by atoms with Gasteiger partial charge in [-0.25, -0.2) is 9.97 Å². The topological polar surface area (TPSA) is 148 Å². The lowest BCUT2D eigenvalue weighted by atomic mass is 10.2. The van der Waals surface area contributed by atoms with Crippen LogP contribution in [0.25, 0.3) is 0 Å². The molecule has 4 N–H and O–H groups in total. The summed E-state index contributed by atoms with van der Waals surface area (Å²) in [7, 11) is -0.215. The summed E-state index contributed by atoms with van der Waals surface area (Å²) < 4.78 is 62.2. The fraction of sp³-hybridized carbons (Fsp3) is 0.200. The quantitative estimate of drug-likeness (QED) is 0.182. The molecule has 1 aromatic carbocycles. The second-order valence-corrected chi connectivity index (χ2v) is 8.87. The number of ether oxygens (including phenoxy) is 1. The Hall–Kier alpha value is -3.10. The molecule has 37 heavy (non-hydrogen) atoms. The number of pyridine rings is 1. The molecule has 1 amide bonds. The van der Waals surface area contributed by atoms with Crippen LogP contribution in [0, 0.1) is 0 Å². The summed E-state index contributed by atoms with van der Waals surface area (Å²) in [4.78, 5) is 32.7. The first kappa shape index (κ1) is 28.5. The number of hydrogen-bond donors (Lipinski definition) is 4. The maximum Gasteiger partial charge on any atom is 0.695 e. The number of carbonyl (C=O) groups excluding carboxylic acids is 1. The number of benzene rings is 1. The van der Waals surface area contributed by atoms with E-state index in [9.17, 15) is 22.5 Å². The van der Waals surface area contributed by atoms with E-state index >= 15 is 0 Å². The molecule has 196 valence electrons. The van der Waals surface area contributed by atoms with Crippen molar-refractivity contribution in [2.75, 3.05) is 24.8 Å². The molecule has 0 spiro atoms. The molecule has 17 heteroatoms. The lowest BCUT2D eigenvalue weighted by Crippen LogP contribution is -2.21.